The van der Waals surface area contributed by atoms with E-state index in [1.807, 2.05) is 0 Å². The number of halogens is 3. The Bertz CT molecular complexity index is 1190. The first-order valence-electron chi connectivity index (χ1n) is 8.21. The van der Waals surface area contributed by atoms with Crippen molar-refractivity contribution in [2.75, 3.05) is 4.72 Å². The minimum Gasteiger partial charge on any atom is -0.478 e. The summed E-state index contributed by atoms with van der Waals surface area (Å²) in [5.41, 5.74) is 0.609. The number of rotatable bonds is 6. The topological polar surface area (TPSA) is 111 Å². The summed E-state index contributed by atoms with van der Waals surface area (Å²) in [4.78, 5) is 10.6. The molecule has 0 aliphatic heterocycles. The minimum atomic E-state index is -5.06. The quantitative estimate of drug-likeness (QED) is 0.606. The number of sulfonamides is 1. The fourth-order valence-corrected chi connectivity index (χ4v) is 3.83. The van der Waals surface area contributed by atoms with Crippen LogP contribution in [0.2, 0.25) is 0 Å². The molecule has 158 valence electrons. The molecule has 0 radical (unpaired) electrons. The molecule has 0 atom stereocenters. The van der Waals surface area contributed by atoms with Gasteiger partial charge in [0.15, 0.2) is 0 Å². The van der Waals surface area contributed by atoms with E-state index in [1.54, 1.807) is 7.05 Å². The van der Waals surface area contributed by atoms with Gasteiger partial charge in [0.2, 0.25) is 0 Å². The van der Waals surface area contributed by atoms with E-state index >= 15 is 0 Å². The summed E-state index contributed by atoms with van der Waals surface area (Å²) in [7, 11) is -2.85. The highest BCUT2D eigenvalue weighted by atomic mass is 32.2. The van der Waals surface area contributed by atoms with E-state index in [-0.39, 0.29) is 16.9 Å². The van der Waals surface area contributed by atoms with Gasteiger partial charge in [-0.1, -0.05) is 24.3 Å². The van der Waals surface area contributed by atoms with Gasteiger partial charge >= 0.3 is 12.3 Å². The van der Waals surface area contributed by atoms with Crippen LogP contribution in [-0.2, 0) is 17.1 Å². The lowest BCUT2D eigenvalue weighted by Crippen LogP contribution is -2.20. The molecule has 8 nitrogen and oxygen atoms in total. The molecule has 2 N–H and O–H groups in total. The van der Waals surface area contributed by atoms with Crippen LogP contribution in [0, 0.1) is 0 Å². The van der Waals surface area contributed by atoms with E-state index in [2.05, 4.69) is 14.6 Å². The number of ether oxygens (including phenoxy) is 1. The molecule has 0 amide bonds. The Kier molecular flexibility index (Phi) is 5.44. The fourth-order valence-electron chi connectivity index (χ4n) is 2.65. The number of carboxylic acid groups (broad SMARTS) is 1. The van der Waals surface area contributed by atoms with Crippen LogP contribution in [-0.4, -0.2) is 35.6 Å². The lowest BCUT2D eigenvalue weighted by molar-refractivity contribution is -0.275. The number of anilines is 1. The third-order valence-electron chi connectivity index (χ3n) is 3.83. The van der Waals surface area contributed by atoms with Crippen LogP contribution < -0.4 is 9.46 Å². The van der Waals surface area contributed by atoms with Gasteiger partial charge in [-0.15, -0.1) is 13.2 Å². The molecule has 3 rings (SSSR count). The summed E-state index contributed by atoms with van der Waals surface area (Å²) in [5.74, 6) is -2.04. The van der Waals surface area contributed by atoms with Crippen molar-refractivity contribution >= 4 is 21.7 Å². The Hall–Kier alpha value is -3.54. The van der Waals surface area contributed by atoms with E-state index in [9.17, 15) is 31.5 Å². The standard InChI is InChI=1S/C18H14F3N3O5S/c1-24-10-13(17(25)26)16(22-24)11-6-8-12(9-7-11)23-30(27,28)15-5-3-2-4-14(15)29-18(19,20)21/h2-10,23H,1H3,(H,25,26). The molecule has 30 heavy (non-hydrogen) atoms. The Morgan fingerprint density at radius 3 is 2.37 bits per heavy atom. The molecule has 0 bridgehead atoms. The zero-order chi connectivity index (χ0) is 22.1. The van der Waals surface area contributed by atoms with E-state index < -0.39 is 33.0 Å². The maximum Gasteiger partial charge on any atom is 0.573 e. The summed E-state index contributed by atoms with van der Waals surface area (Å²) in [6, 6.07) is 9.87. The minimum absolute atomic E-state index is 0.0379. The van der Waals surface area contributed by atoms with Gasteiger partial charge in [-0.2, -0.15) is 5.10 Å². The van der Waals surface area contributed by atoms with Crippen molar-refractivity contribution in [1.29, 1.82) is 0 Å². The van der Waals surface area contributed by atoms with Crippen molar-refractivity contribution in [3.8, 4) is 17.0 Å². The molecule has 0 aliphatic carbocycles. The number of aromatic carboxylic acids is 1. The number of hydrogen-bond acceptors (Lipinski definition) is 5. The Morgan fingerprint density at radius 2 is 1.77 bits per heavy atom. The lowest BCUT2D eigenvalue weighted by atomic mass is 10.1. The summed E-state index contributed by atoms with van der Waals surface area (Å²) >= 11 is 0. The molecule has 0 saturated carbocycles. The van der Waals surface area contributed by atoms with Crippen LogP contribution in [0.25, 0.3) is 11.3 Å². The largest absolute Gasteiger partial charge is 0.573 e. The molecule has 0 aliphatic rings. The van der Waals surface area contributed by atoms with Crippen molar-refractivity contribution in [2.24, 2.45) is 7.05 Å². The normalized spacial score (nSPS) is 11.9. The number of para-hydroxylation sites is 1. The van der Waals surface area contributed by atoms with Crippen molar-refractivity contribution < 1.29 is 36.2 Å². The van der Waals surface area contributed by atoms with Crippen molar-refractivity contribution in [2.45, 2.75) is 11.3 Å². The third kappa shape index (κ3) is 4.71. The first-order chi connectivity index (χ1) is 14.0. The lowest BCUT2D eigenvalue weighted by Gasteiger charge is -2.14. The van der Waals surface area contributed by atoms with Crippen molar-refractivity contribution in [3.63, 3.8) is 0 Å². The molecule has 12 heteroatoms. The van der Waals surface area contributed by atoms with E-state index in [0.29, 0.717) is 5.56 Å². The number of carboxylic acids is 1. The maximum atomic E-state index is 12.6. The average molecular weight is 441 g/mol. The zero-order valence-corrected chi connectivity index (χ0v) is 16.0. The number of nitrogens with one attached hydrogen (secondary N) is 1. The van der Waals surface area contributed by atoms with Crippen LogP contribution >= 0.6 is 0 Å². The fraction of sp³-hybridized carbons (Fsp3) is 0.111. The van der Waals surface area contributed by atoms with Gasteiger partial charge in [0.1, 0.15) is 21.9 Å². The number of aromatic nitrogens is 2. The molecule has 3 aromatic rings. The smallest absolute Gasteiger partial charge is 0.478 e. The van der Waals surface area contributed by atoms with Crippen LogP contribution in [0.3, 0.4) is 0 Å². The predicted molar refractivity (Wildman–Crippen MR) is 99.5 cm³/mol. The molecule has 1 heterocycles. The van der Waals surface area contributed by atoms with Gasteiger partial charge in [0.05, 0.1) is 0 Å². The van der Waals surface area contributed by atoms with Gasteiger partial charge in [0, 0.05) is 24.5 Å². The summed E-state index contributed by atoms with van der Waals surface area (Å²) in [6.45, 7) is 0. The number of nitrogens with zero attached hydrogens (tertiary/aromatic N) is 2. The maximum absolute atomic E-state index is 12.6. The van der Waals surface area contributed by atoms with Crippen molar-refractivity contribution in [1.82, 2.24) is 9.78 Å². The average Bonchev–Trinajstić information content (AvgIpc) is 3.03. The number of hydrogen-bond donors (Lipinski definition) is 2. The summed E-state index contributed by atoms with van der Waals surface area (Å²) in [6.07, 6.45) is -3.73. The number of benzene rings is 2. The van der Waals surface area contributed by atoms with E-state index in [4.69, 9.17) is 0 Å². The van der Waals surface area contributed by atoms with Crippen LogP contribution in [0.15, 0.2) is 59.6 Å². The highest BCUT2D eigenvalue weighted by Crippen LogP contribution is 2.31. The van der Waals surface area contributed by atoms with Gasteiger partial charge < -0.3 is 9.84 Å². The molecule has 0 spiro atoms. The Balaban J connectivity index is 1.88. The first kappa shape index (κ1) is 21.2. The van der Waals surface area contributed by atoms with Crippen LogP contribution in [0.5, 0.6) is 5.75 Å². The highest BCUT2D eigenvalue weighted by molar-refractivity contribution is 7.92. The van der Waals surface area contributed by atoms with Crippen LogP contribution in [0.1, 0.15) is 10.4 Å². The van der Waals surface area contributed by atoms with E-state index in [1.165, 1.54) is 47.3 Å². The van der Waals surface area contributed by atoms with Gasteiger partial charge in [-0.05, 0) is 24.3 Å². The number of aryl methyl sites for hydroxylation is 1. The molecule has 0 saturated heterocycles. The second-order valence-electron chi connectivity index (χ2n) is 6.05. The first-order valence-corrected chi connectivity index (χ1v) is 9.69. The van der Waals surface area contributed by atoms with E-state index in [0.717, 1.165) is 12.1 Å². The van der Waals surface area contributed by atoms with Crippen molar-refractivity contribution in [3.05, 3.63) is 60.3 Å². The molecular formula is C18H14F3N3O5S. The SMILES string of the molecule is Cn1cc(C(=O)O)c(-c2ccc(NS(=O)(=O)c3ccccc3OC(F)(F)F)cc2)n1. The molecule has 2 aromatic carbocycles. The molecule has 0 unspecified atom stereocenters. The van der Waals surface area contributed by atoms with Gasteiger partial charge in [-0.25, -0.2) is 13.2 Å². The zero-order valence-electron chi connectivity index (χ0n) is 15.2. The Morgan fingerprint density at radius 1 is 1.13 bits per heavy atom. The monoisotopic (exact) mass is 441 g/mol. The second kappa shape index (κ2) is 7.71. The van der Waals surface area contributed by atoms with Gasteiger partial charge in [0.25, 0.3) is 10.0 Å². The molecular weight excluding hydrogens is 427 g/mol. The number of alkyl halides is 3. The summed E-state index contributed by atoms with van der Waals surface area (Å²) in [5, 5.41) is 13.3. The highest BCUT2D eigenvalue weighted by Gasteiger charge is 2.34. The third-order valence-corrected chi connectivity index (χ3v) is 5.25. The molecule has 1 aromatic heterocycles. The second-order valence-corrected chi connectivity index (χ2v) is 7.70. The predicted octanol–water partition coefficient (Wildman–Crippen LogP) is 3.48. The van der Waals surface area contributed by atoms with Crippen LogP contribution in [0.4, 0.5) is 18.9 Å². The summed E-state index contributed by atoms with van der Waals surface area (Å²) < 4.78 is 70.0. The molecule has 0 fully saturated rings. The number of carbonyl (C=O) groups is 1. The Labute approximate surface area is 168 Å². The van der Waals surface area contributed by atoms with Gasteiger partial charge in [-0.3, -0.25) is 9.40 Å².